The zero-order chi connectivity index (χ0) is 14.7. The number of benzene rings is 1. The minimum absolute atomic E-state index is 0.00985. The molecule has 1 aromatic carbocycles. The molecule has 0 amide bonds. The molecule has 0 aliphatic rings. The maximum atomic E-state index is 11.7. The normalized spacial score (nSPS) is 10.1. The van der Waals surface area contributed by atoms with E-state index >= 15 is 0 Å². The van der Waals surface area contributed by atoms with Gasteiger partial charge >= 0.3 is 5.76 Å². The first-order valence-corrected chi connectivity index (χ1v) is 5.85. The Morgan fingerprint density at radius 2 is 2.10 bits per heavy atom. The first kappa shape index (κ1) is 13.4. The maximum Gasteiger partial charge on any atom is 0.420 e. The molecule has 0 aliphatic heterocycles. The van der Waals surface area contributed by atoms with E-state index < -0.39 is 5.76 Å². The number of fused-ring (bicyclic) bond motifs is 1. The van der Waals surface area contributed by atoms with Gasteiger partial charge in [-0.05, 0) is 26.0 Å². The van der Waals surface area contributed by atoms with E-state index in [9.17, 15) is 4.79 Å². The van der Waals surface area contributed by atoms with Gasteiger partial charge in [0.05, 0.1) is 11.2 Å². The van der Waals surface area contributed by atoms with E-state index in [1.54, 1.807) is 34.9 Å². The van der Waals surface area contributed by atoms with Crippen molar-refractivity contribution in [3.63, 3.8) is 0 Å². The number of nitrogens with zero attached hydrogens (tertiary/aromatic N) is 4. The van der Waals surface area contributed by atoms with Crippen LogP contribution in [0.15, 0.2) is 32.5 Å². The van der Waals surface area contributed by atoms with Crippen LogP contribution in [0.2, 0.25) is 0 Å². The Morgan fingerprint density at radius 3 is 2.70 bits per heavy atom. The van der Waals surface area contributed by atoms with Gasteiger partial charge in [-0.25, -0.2) is 4.79 Å². The van der Waals surface area contributed by atoms with Crippen molar-refractivity contribution in [3.8, 4) is 12.1 Å². The Labute approximate surface area is 114 Å². The molecule has 0 fully saturated rings. The molecule has 0 saturated carbocycles. The molecule has 1 N–H and O–H groups in total. The molecule has 7 nitrogen and oxygen atoms in total. The second-order valence-electron chi connectivity index (χ2n) is 4.31. The molecule has 7 heteroatoms. The van der Waals surface area contributed by atoms with E-state index in [0.29, 0.717) is 16.8 Å². The third kappa shape index (κ3) is 2.38. The fourth-order valence-corrected chi connectivity index (χ4v) is 1.79. The van der Waals surface area contributed by atoms with E-state index in [1.807, 2.05) is 13.8 Å². The predicted molar refractivity (Wildman–Crippen MR) is 73.1 cm³/mol. The molecule has 20 heavy (non-hydrogen) atoms. The van der Waals surface area contributed by atoms with Crippen LogP contribution in [0, 0.1) is 22.7 Å². The van der Waals surface area contributed by atoms with Gasteiger partial charge in [-0.15, -0.1) is 0 Å². The Balaban J connectivity index is 2.42. The van der Waals surface area contributed by atoms with Gasteiger partial charge in [0.1, 0.15) is 12.1 Å². The summed E-state index contributed by atoms with van der Waals surface area (Å²) >= 11 is 0. The molecule has 0 aliphatic carbocycles. The van der Waals surface area contributed by atoms with E-state index in [0.717, 1.165) is 0 Å². The largest absolute Gasteiger partial charge is 0.420 e. The minimum atomic E-state index is -0.426. The van der Waals surface area contributed by atoms with Crippen molar-refractivity contribution in [2.75, 3.05) is 5.43 Å². The Bertz CT molecular complexity index is 798. The molecule has 0 unspecified atom stereocenters. The molecular weight excluding hydrogens is 258 g/mol. The highest BCUT2D eigenvalue weighted by atomic mass is 16.4. The van der Waals surface area contributed by atoms with Crippen LogP contribution in [0.5, 0.6) is 0 Å². The third-order valence-corrected chi connectivity index (χ3v) is 2.64. The standard InChI is InChI=1S/C13H11N5O2/c1-8(2)18-11-4-3-9(5-12(11)20-13(18)19)16-17-10(6-14)7-15/h3-5,8,16H,1-2H3. The van der Waals surface area contributed by atoms with Crippen molar-refractivity contribution in [1.29, 1.82) is 10.5 Å². The first-order valence-electron chi connectivity index (χ1n) is 5.85. The summed E-state index contributed by atoms with van der Waals surface area (Å²) < 4.78 is 6.69. The van der Waals surface area contributed by atoms with Crippen LogP contribution >= 0.6 is 0 Å². The van der Waals surface area contributed by atoms with E-state index in [-0.39, 0.29) is 11.8 Å². The number of oxazole rings is 1. The van der Waals surface area contributed by atoms with Crippen LogP contribution in [0.3, 0.4) is 0 Å². The van der Waals surface area contributed by atoms with Gasteiger partial charge < -0.3 is 4.42 Å². The summed E-state index contributed by atoms with van der Waals surface area (Å²) in [5.41, 5.74) is 3.90. The number of hydrogen-bond acceptors (Lipinski definition) is 6. The van der Waals surface area contributed by atoms with Gasteiger partial charge in [0.15, 0.2) is 5.58 Å². The van der Waals surface area contributed by atoms with Crippen molar-refractivity contribution in [1.82, 2.24) is 4.57 Å². The average molecular weight is 269 g/mol. The van der Waals surface area contributed by atoms with Gasteiger partial charge in [0, 0.05) is 12.1 Å². The summed E-state index contributed by atoms with van der Waals surface area (Å²) in [6.07, 6.45) is 0. The van der Waals surface area contributed by atoms with Crippen molar-refractivity contribution in [2.45, 2.75) is 19.9 Å². The highest BCUT2D eigenvalue weighted by molar-refractivity contribution is 6.10. The summed E-state index contributed by atoms with van der Waals surface area (Å²) in [6.45, 7) is 3.78. The Kier molecular flexibility index (Phi) is 3.54. The van der Waals surface area contributed by atoms with Gasteiger partial charge in [-0.1, -0.05) is 0 Å². The lowest BCUT2D eigenvalue weighted by atomic mass is 10.2. The fraction of sp³-hybridized carbons (Fsp3) is 0.231. The van der Waals surface area contributed by atoms with Crippen LogP contribution in [0.4, 0.5) is 5.69 Å². The molecule has 0 bridgehead atoms. The van der Waals surface area contributed by atoms with Crippen molar-refractivity contribution >= 4 is 22.5 Å². The Morgan fingerprint density at radius 1 is 1.40 bits per heavy atom. The molecular formula is C13H11N5O2. The number of nitrogens with one attached hydrogen (secondary N) is 1. The molecule has 2 aromatic rings. The lowest BCUT2D eigenvalue weighted by Gasteiger charge is -2.05. The molecule has 0 spiro atoms. The van der Waals surface area contributed by atoms with Gasteiger partial charge in [0.2, 0.25) is 5.71 Å². The number of hydrogen-bond donors (Lipinski definition) is 1. The molecule has 0 atom stereocenters. The predicted octanol–water partition coefficient (Wildman–Crippen LogP) is 1.99. The fourth-order valence-electron chi connectivity index (χ4n) is 1.79. The Hall–Kier alpha value is -3.06. The molecule has 0 saturated heterocycles. The van der Waals surface area contributed by atoms with Gasteiger partial charge in [-0.3, -0.25) is 9.99 Å². The first-order chi connectivity index (χ1) is 9.56. The minimum Gasteiger partial charge on any atom is -0.408 e. The van der Waals surface area contributed by atoms with E-state index in [2.05, 4.69) is 10.5 Å². The number of rotatable bonds is 3. The van der Waals surface area contributed by atoms with Crippen molar-refractivity contribution < 1.29 is 4.42 Å². The third-order valence-electron chi connectivity index (χ3n) is 2.64. The molecule has 1 aromatic heterocycles. The highest BCUT2D eigenvalue weighted by Crippen LogP contribution is 2.20. The van der Waals surface area contributed by atoms with Gasteiger partial charge in [-0.2, -0.15) is 15.6 Å². The zero-order valence-electron chi connectivity index (χ0n) is 10.9. The maximum absolute atomic E-state index is 11.7. The molecule has 100 valence electrons. The van der Waals surface area contributed by atoms with Gasteiger partial charge in [0.25, 0.3) is 0 Å². The smallest absolute Gasteiger partial charge is 0.408 e. The van der Waals surface area contributed by atoms with Crippen LogP contribution in [-0.2, 0) is 0 Å². The quantitative estimate of drug-likeness (QED) is 0.677. The summed E-state index contributed by atoms with van der Waals surface area (Å²) in [4.78, 5) is 11.7. The number of aromatic nitrogens is 1. The summed E-state index contributed by atoms with van der Waals surface area (Å²) in [5.74, 6) is -0.426. The van der Waals surface area contributed by atoms with Crippen LogP contribution < -0.4 is 11.2 Å². The number of hydrazone groups is 1. The lowest BCUT2D eigenvalue weighted by molar-refractivity contribution is 0.478. The second kappa shape index (κ2) is 5.29. The number of nitriles is 2. The lowest BCUT2D eigenvalue weighted by Crippen LogP contribution is -2.15. The zero-order valence-corrected chi connectivity index (χ0v) is 10.9. The molecule has 0 radical (unpaired) electrons. The van der Waals surface area contributed by atoms with Crippen LogP contribution in [-0.4, -0.2) is 10.3 Å². The molecule has 2 rings (SSSR count). The topological polar surface area (TPSA) is 107 Å². The summed E-state index contributed by atoms with van der Waals surface area (Å²) in [7, 11) is 0. The number of anilines is 1. The van der Waals surface area contributed by atoms with Crippen molar-refractivity contribution in [3.05, 3.63) is 28.7 Å². The van der Waals surface area contributed by atoms with E-state index in [4.69, 9.17) is 14.9 Å². The monoisotopic (exact) mass is 269 g/mol. The summed E-state index contributed by atoms with van der Waals surface area (Å²) in [5, 5.41) is 20.8. The second-order valence-corrected chi connectivity index (χ2v) is 4.31. The average Bonchev–Trinajstić information content (AvgIpc) is 2.75. The summed E-state index contributed by atoms with van der Waals surface area (Å²) in [6, 6.07) is 8.26. The van der Waals surface area contributed by atoms with Crippen LogP contribution in [0.25, 0.3) is 11.1 Å². The van der Waals surface area contributed by atoms with Crippen LogP contribution in [0.1, 0.15) is 19.9 Å². The molecule has 1 heterocycles. The van der Waals surface area contributed by atoms with Crippen molar-refractivity contribution in [2.24, 2.45) is 5.10 Å². The highest BCUT2D eigenvalue weighted by Gasteiger charge is 2.12. The SMILES string of the molecule is CC(C)n1c(=O)oc2cc(NN=C(C#N)C#N)ccc21. The van der Waals surface area contributed by atoms with E-state index in [1.165, 1.54) is 0 Å².